The third-order valence-corrected chi connectivity index (χ3v) is 1.91. The number of rotatable bonds is 3. The highest BCUT2D eigenvalue weighted by atomic mass is 16.3. The number of hydrogen-bond donors (Lipinski definition) is 0. The van der Waals surface area contributed by atoms with Crippen LogP contribution in [0.25, 0.3) is 0 Å². The first-order valence-corrected chi connectivity index (χ1v) is 4.09. The van der Waals surface area contributed by atoms with Gasteiger partial charge in [-0.3, -0.25) is 0 Å². The Bertz CT molecular complexity index is 412. The van der Waals surface area contributed by atoms with Gasteiger partial charge < -0.3 is 0 Å². The molecule has 0 N–H and O–H groups in total. The van der Waals surface area contributed by atoms with Gasteiger partial charge in [-0.05, 0) is 23.8 Å². The van der Waals surface area contributed by atoms with Crippen molar-refractivity contribution in [1.82, 2.24) is 0 Å². The number of nitrogens with zero attached hydrogens (tertiary/aromatic N) is 1. The first-order chi connectivity index (χ1) is 6.37. The van der Waals surface area contributed by atoms with Gasteiger partial charge in [-0.15, -0.1) is 0 Å². The molecule has 0 aromatic rings. The van der Waals surface area contributed by atoms with Crippen LogP contribution in [0.4, 0.5) is 0 Å². The number of hydrogen-bond acceptors (Lipinski definition) is 2. The van der Waals surface area contributed by atoms with E-state index >= 15 is 0 Å². The Labute approximate surface area is 76.7 Å². The molecule has 0 radical (unpaired) electrons. The highest BCUT2D eigenvalue weighted by Gasteiger charge is 2.46. The fourth-order valence-corrected chi connectivity index (χ4v) is 1.02. The highest BCUT2D eigenvalue weighted by Crippen LogP contribution is 2.50. The zero-order valence-electron chi connectivity index (χ0n) is 7.00. The summed E-state index contributed by atoms with van der Waals surface area (Å²) in [5, 5.41) is 2.71. The Morgan fingerprint density at radius 2 is 2.46 bits per heavy atom. The minimum absolute atomic E-state index is 0.0303. The second-order valence-corrected chi connectivity index (χ2v) is 2.91. The van der Waals surface area contributed by atoms with E-state index in [4.69, 9.17) is 0 Å². The van der Waals surface area contributed by atoms with Gasteiger partial charge in [-0.1, -0.05) is 28.9 Å². The summed E-state index contributed by atoms with van der Waals surface area (Å²) in [6, 6.07) is 0. The second kappa shape index (κ2) is 2.92. The lowest BCUT2D eigenvalue weighted by Crippen LogP contribution is -1.77. The summed E-state index contributed by atoms with van der Waals surface area (Å²) in [6.07, 6.45) is 6.36. The first kappa shape index (κ1) is 7.83. The van der Waals surface area contributed by atoms with Gasteiger partial charge in [0.25, 0.3) is 0 Å². The normalized spacial score (nSPS) is 18.3. The number of allylic oxidation sites excluding steroid dienone is 4. The van der Waals surface area contributed by atoms with Crippen molar-refractivity contribution in [2.45, 2.75) is 6.42 Å². The van der Waals surface area contributed by atoms with Crippen molar-refractivity contribution in [2.75, 3.05) is 6.54 Å². The van der Waals surface area contributed by atoms with E-state index in [2.05, 4.69) is 34.9 Å². The van der Waals surface area contributed by atoms with Crippen LogP contribution in [0.1, 0.15) is 6.42 Å². The van der Waals surface area contributed by atoms with E-state index < -0.39 is 0 Å². The molecule has 0 aromatic heterocycles. The van der Waals surface area contributed by atoms with Gasteiger partial charge in [-0.2, -0.15) is 4.91 Å². The molecule has 0 heterocycles. The van der Waals surface area contributed by atoms with E-state index in [-0.39, 0.29) is 12.0 Å². The van der Waals surface area contributed by atoms with E-state index in [1.165, 1.54) is 5.57 Å². The summed E-state index contributed by atoms with van der Waals surface area (Å²) in [6.45, 7) is 0.274. The van der Waals surface area contributed by atoms with Crippen molar-refractivity contribution in [3.63, 3.8) is 0 Å². The third-order valence-electron chi connectivity index (χ3n) is 1.91. The van der Waals surface area contributed by atoms with Crippen LogP contribution in [-0.4, -0.2) is 6.54 Å². The van der Waals surface area contributed by atoms with E-state index in [1.54, 1.807) is 6.08 Å². The van der Waals surface area contributed by atoms with Gasteiger partial charge in [0, 0.05) is 6.42 Å². The van der Waals surface area contributed by atoms with Crippen LogP contribution in [0, 0.1) is 34.0 Å². The smallest absolute Gasteiger partial charge is 0.135 e. The third kappa shape index (κ3) is 1.68. The minimum Gasteiger partial charge on any atom is -0.151 e. The highest BCUT2D eigenvalue weighted by molar-refractivity contribution is 5.71. The molecule has 2 nitrogen and oxygen atoms in total. The zero-order chi connectivity index (χ0) is 9.15. The monoisotopic (exact) mass is 169 g/mol. The van der Waals surface area contributed by atoms with Gasteiger partial charge in [0.2, 0.25) is 0 Å². The molecule has 2 aliphatic rings. The Hall–Kier alpha value is -1.80. The van der Waals surface area contributed by atoms with E-state index in [0.717, 1.165) is 0 Å². The average molecular weight is 169 g/mol. The maximum atomic E-state index is 9.69. The van der Waals surface area contributed by atoms with Gasteiger partial charge in [0.05, 0.1) is 6.54 Å². The lowest BCUT2D eigenvalue weighted by atomic mass is 10.2. The quantitative estimate of drug-likeness (QED) is 0.359. The molecule has 62 valence electrons. The first-order valence-electron chi connectivity index (χ1n) is 4.09. The summed E-state index contributed by atoms with van der Waals surface area (Å²) in [5.74, 6) is 11.6. The molecule has 0 saturated carbocycles. The largest absolute Gasteiger partial charge is 0.151 e. The molecule has 0 fully saturated rings. The molecule has 0 unspecified atom stereocenters. The van der Waals surface area contributed by atoms with E-state index in [0.29, 0.717) is 6.42 Å². The Kier molecular flexibility index (Phi) is 1.76. The van der Waals surface area contributed by atoms with Crippen molar-refractivity contribution in [2.24, 2.45) is 10.6 Å². The minimum atomic E-state index is 0.0303. The molecule has 13 heavy (non-hydrogen) atoms. The van der Waals surface area contributed by atoms with Crippen LogP contribution < -0.4 is 0 Å². The molecular formula is C11H7NO. The summed E-state index contributed by atoms with van der Waals surface area (Å²) in [4.78, 5) is 9.69. The molecule has 2 heteroatoms. The topological polar surface area (TPSA) is 29.4 Å². The molecule has 0 atom stereocenters. The molecule has 0 aromatic carbocycles. The molecule has 0 bridgehead atoms. The van der Waals surface area contributed by atoms with Gasteiger partial charge >= 0.3 is 0 Å². The molecule has 1 spiro atoms. The van der Waals surface area contributed by atoms with Crippen LogP contribution in [0.3, 0.4) is 0 Å². The Morgan fingerprint density at radius 1 is 1.62 bits per heavy atom. The van der Waals surface area contributed by atoms with E-state index in [1.807, 2.05) is 6.08 Å². The lowest BCUT2D eigenvalue weighted by molar-refractivity contribution is 1.02. The predicted octanol–water partition coefficient (Wildman–Crippen LogP) is 1.65. The predicted molar refractivity (Wildman–Crippen MR) is 50.5 cm³/mol. The van der Waals surface area contributed by atoms with Crippen molar-refractivity contribution in [3.05, 3.63) is 28.7 Å². The fourth-order valence-electron chi connectivity index (χ4n) is 1.02. The Balaban J connectivity index is 1.69. The van der Waals surface area contributed by atoms with Gasteiger partial charge in [-0.25, -0.2) is 0 Å². The average Bonchev–Trinajstić information content (AvgIpc) is 3.02. The van der Waals surface area contributed by atoms with Crippen molar-refractivity contribution in [3.8, 4) is 23.7 Å². The van der Waals surface area contributed by atoms with Crippen molar-refractivity contribution >= 4 is 0 Å². The van der Waals surface area contributed by atoms with Crippen LogP contribution in [0.2, 0.25) is 0 Å². The molecule has 2 rings (SSSR count). The summed E-state index contributed by atoms with van der Waals surface area (Å²) in [7, 11) is 0. The maximum absolute atomic E-state index is 9.69. The van der Waals surface area contributed by atoms with E-state index in [9.17, 15) is 4.91 Å². The summed E-state index contributed by atoms with van der Waals surface area (Å²) < 4.78 is 0. The molecule has 0 amide bonds. The fraction of sp³-hybridized carbons (Fsp3) is 0.273. The molecule has 2 aliphatic carbocycles. The standard InChI is InChI=1S/C11H7NO/c13-12-8-4-2-1-3-5-10-9-11(10)6-7-11/h3,5,9H,4,8H2/b5-3+. The van der Waals surface area contributed by atoms with Crippen LogP contribution in [-0.2, 0) is 0 Å². The van der Waals surface area contributed by atoms with Crippen LogP contribution in [0.15, 0.2) is 29.0 Å². The van der Waals surface area contributed by atoms with Gasteiger partial charge in [0.15, 0.2) is 0 Å². The summed E-state index contributed by atoms with van der Waals surface area (Å²) >= 11 is 0. The number of nitroso groups, excluding NO2 is 1. The van der Waals surface area contributed by atoms with Crippen molar-refractivity contribution < 1.29 is 0 Å². The lowest BCUT2D eigenvalue weighted by Gasteiger charge is -1.80. The maximum Gasteiger partial charge on any atom is 0.135 e. The molecule has 0 saturated heterocycles. The second-order valence-electron chi connectivity index (χ2n) is 2.91. The summed E-state index contributed by atoms with van der Waals surface area (Å²) in [5.41, 5.74) is 1.25. The molecular weight excluding hydrogens is 162 g/mol. The Morgan fingerprint density at radius 3 is 3.08 bits per heavy atom. The van der Waals surface area contributed by atoms with Gasteiger partial charge in [0.1, 0.15) is 5.41 Å². The van der Waals surface area contributed by atoms with Crippen LogP contribution in [0.5, 0.6) is 0 Å². The van der Waals surface area contributed by atoms with Crippen LogP contribution >= 0.6 is 0 Å². The van der Waals surface area contributed by atoms with Crippen molar-refractivity contribution in [1.29, 1.82) is 0 Å². The molecule has 0 aliphatic heterocycles. The zero-order valence-corrected chi connectivity index (χ0v) is 7.00. The SMILES string of the molecule is O=NCCC#C/C=C/C1=CC12C#C2.